The highest BCUT2D eigenvalue weighted by molar-refractivity contribution is 5.85. The average molecular weight is 291 g/mol. The number of amidine groups is 1. The van der Waals surface area contributed by atoms with Crippen molar-refractivity contribution in [3.05, 3.63) is 35.9 Å². The SMILES string of the molecule is NC(=NO)C1CN(C(=O)CCCc2ccccc2)CCO1. The third kappa shape index (κ3) is 4.46. The third-order valence-electron chi connectivity index (χ3n) is 3.56. The standard InChI is InChI=1S/C15H21N3O3/c16-15(17-20)13-11-18(9-10-21-13)14(19)8-4-7-12-5-2-1-3-6-12/h1-3,5-6,13,20H,4,7-11H2,(H2,16,17). The number of benzene rings is 1. The zero-order chi connectivity index (χ0) is 15.1. The molecular formula is C15H21N3O3. The van der Waals surface area contributed by atoms with Crippen LogP contribution in [0.25, 0.3) is 0 Å². The van der Waals surface area contributed by atoms with E-state index in [0.717, 1.165) is 12.8 Å². The predicted octanol–water partition coefficient (Wildman–Crippen LogP) is 0.983. The summed E-state index contributed by atoms with van der Waals surface area (Å²) in [5, 5.41) is 11.6. The van der Waals surface area contributed by atoms with Gasteiger partial charge in [-0.3, -0.25) is 4.79 Å². The molecule has 2 rings (SSSR count). The van der Waals surface area contributed by atoms with Crippen molar-refractivity contribution in [3.63, 3.8) is 0 Å². The molecule has 1 amide bonds. The highest BCUT2D eigenvalue weighted by Crippen LogP contribution is 2.10. The van der Waals surface area contributed by atoms with E-state index in [0.29, 0.717) is 26.1 Å². The van der Waals surface area contributed by atoms with E-state index >= 15 is 0 Å². The Morgan fingerprint density at radius 2 is 2.19 bits per heavy atom. The number of nitrogens with zero attached hydrogens (tertiary/aromatic N) is 2. The van der Waals surface area contributed by atoms with E-state index in [1.165, 1.54) is 5.56 Å². The van der Waals surface area contributed by atoms with Crippen molar-refractivity contribution in [2.75, 3.05) is 19.7 Å². The first-order chi connectivity index (χ1) is 10.2. The minimum Gasteiger partial charge on any atom is -0.409 e. The summed E-state index contributed by atoms with van der Waals surface area (Å²) < 4.78 is 5.38. The zero-order valence-electron chi connectivity index (χ0n) is 11.9. The van der Waals surface area contributed by atoms with Crippen molar-refractivity contribution < 1.29 is 14.7 Å². The van der Waals surface area contributed by atoms with Crippen LogP contribution in [0.4, 0.5) is 0 Å². The maximum absolute atomic E-state index is 12.2. The van der Waals surface area contributed by atoms with Crippen molar-refractivity contribution in [3.8, 4) is 0 Å². The topological polar surface area (TPSA) is 88.2 Å². The molecule has 1 fully saturated rings. The summed E-state index contributed by atoms with van der Waals surface area (Å²) in [6, 6.07) is 10.1. The number of oxime groups is 1. The zero-order valence-corrected chi connectivity index (χ0v) is 11.9. The van der Waals surface area contributed by atoms with Crippen LogP contribution >= 0.6 is 0 Å². The number of amides is 1. The van der Waals surface area contributed by atoms with Gasteiger partial charge < -0.3 is 20.6 Å². The number of aryl methyl sites for hydroxylation is 1. The van der Waals surface area contributed by atoms with Crippen molar-refractivity contribution in [2.24, 2.45) is 10.9 Å². The fourth-order valence-corrected chi connectivity index (χ4v) is 2.37. The molecule has 6 heteroatoms. The summed E-state index contributed by atoms with van der Waals surface area (Å²) in [6.07, 6.45) is 1.69. The number of ether oxygens (including phenoxy) is 1. The van der Waals surface area contributed by atoms with Gasteiger partial charge >= 0.3 is 0 Å². The van der Waals surface area contributed by atoms with Crippen LogP contribution in [-0.4, -0.2) is 47.7 Å². The summed E-state index contributed by atoms with van der Waals surface area (Å²) in [4.78, 5) is 13.9. The first-order valence-electron chi connectivity index (χ1n) is 7.11. The fourth-order valence-electron chi connectivity index (χ4n) is 2.37. The van der Waals surface area contributed by atoms with Gasteiger partial charge in [-0.25, -0.2) is 0 Å². The molecule has 1 heterocycles. The molecule has 1 unspecified atom stereocenters. The Hall–Kier alpha value is -2.08. The van der Waals surface area contributed by atoms with E-state index in [4.69, 9.17) is 15.7 Å². The minimum atomic E-state index is -0.512. The summed E-state index contributed by atoms with van der Waals surface area (Å²) in [6.45, 7) is 1.31. The van der Waals surface area contributed by atoms with Crippen molar-refractivity contribution in [2.45, 2.75) is 25.4 Å². The number of hydrogen-bond donors (Lipinski definition) is 2. The highest BCUT2D eigenvalue weighted by Gasteiger charge is 2.26. The number of morpholine rings is 1. The summed E-state index contributed by atoms with van der Waals surface area (Å²) in [7, 11) is 0. The minimum absolute atomic E-state index is 0.0109. The van der Waals surface area contributed by atoms with Crippen LogP contribution in [0.2, 0.25) is 0 Å². The van der Waals surface area contributed by atoms with Crippen LogP contribution < -0.4 is 5.73 Å². The van der Waals surface area contributed by atoms with Gasteiger partial charge in [0.25, 0.3) is 0 Å². The van der Waals surface area contributed by atoms with Gasteiger partial charge in [0, 0.05) is 13.0 Å². The Morgan fingerprint density at radius 1 is 1.43 bits per heavy atom. The molecule has 1 aliphatic rings. The summed E-state index contributed by atoms with van der Waals surface area (Å²) >= 11 is 0. The van der Waals surface area contributed by atoms with Crippen molar-refractivity contribution >= 4 is 11.7 Å². The Labute approximate surface area is 124 Å². The molecule has 0 bridgehead atoms. The van der Waals surface area contributed by atoms with Crippen LogP contribution in [0.1, 0.15) is 18.4 Å². The number of nitrogens with two attached hydrogens (primary N) is 1. The molecule has 1 atom stereocenters. The van der Waals surface area contributed by atoms with Crippen LogP contribution in [0.15, 0.2) is 35.5 Å². The van der Waals surface area contributed by atoms with Gasteiger partial charge in [-0.15, -0.1) is 0 Å². The molecule has 0 radical (unpaired) electrons. The Balaban J connectivity index is 1.77. The molecule has 0 aliphatic carbocycles. The van der Waals surface area contributed by atoms with Gasteiger partial charge in [0.05, 0.1) is 13.2 Å². The maximum atomic E-state index is 12.2. The Kier molecular flexibility index (Phi) is 5.57. The normalized spacial score (nSPS) is 19.5. The average Bonchev–Trinajstić information content (AvgIpc) is 2.55. The number of carbonyl (C=O) groups excluding carboxylic acids is 1. The molecule has 1 aromatic rings. The predicted molar refractivity (Wildman–Crippen MR) is 79.1 cm³/mol. The summed E-state index contributed by atoms with van der Waals surface area (Å²) in [5.41, 5.74) is 6.76. The molecule has 0 aromatic heterocycles. The van der Waals surface area contributed by atoms with E-state index < -0.39 is 6.10 Å². The van der Waals surface area contributed by atoms with E-state index in [1.807, 2.05) is 18.2 Å². The monoisotopic (exact) mass is 291 g/mol. The molecule has 1 aliphatic heterocycles. The fraction of sp³-hybridized carbons (Fsp3) is 0.467. The molecule has 1 aromatic carbocycles. The molecule has 0 spiro atoms. The van der Waals surface area contributed by atoms with E-state index in [1.54, 1.807) is 4.90 Å². The first kappa shape index (κ1) is 15.3. The lowest BCUT2D eigenvalue weighted by Crippen LogP contribution is -2.50. The second kappa shape index (κ2) is 7.64. The molecule has 21 heavy (non-hydrogen) atoms. The molecular weight excluding hydrogens is 270 g/mol. The second-order valence-electron chi connectivity index (χ2n) is 5.06. The molecule has 1 saturated heterocycles. The quantitative estimate of drug-likeness (QED) is 0.366. The highest BCUT2D eigenvalue weighted by atomic mass is 16.5. The largest absolute Gasteiger partial charge is 0.409 e. The van der Waals surface area contributed by atoms with Gasteiger partial charge in [0.15, 0.2) is 5.84 Å². The molecule has 3 N–H and O–H groups in total. The second-order valence-corrected chi connectivity index (χ2v) is 5.06. The van der Waals surface area contributed by atoms with Crippen molar-refractivity contribution in [1.29, 1.82) is 0 Å². The molecule has 0 saturated carbocycles. The lowest BCUT2D eigenvalue weighted by molar-refractivity contribution is -0.136. The van der Waals surface area contributed by atoms with Crippen LogP contribution in [0.5, 0.6) is 0 Å². The van der Waals surface area contributed by atoms with Gasteiger partial charge in [0.1, 0.15) is 6.10 Å². The number of hydrogen-bond acceptors (Lipinski definition) is 4. The van der Waals surface area contributed by atoms with Crippen LogP contribution in [0.3, 0.4) is 0 Å². The Morgan fingerprint density at radius 3 is 2.90 bits per heavy atom. The van der Waals surface area contributed by atoms with E-state index in [9.17, 15) is 4.79 Å². The van der Waals surface area contributed by atoms with Crippen LogP contribution in [0, 0.1) is 0 Å². The van der Waals surface area contributed by atoms with Gasteiger partial charge in [-0.2, -0.15) is 0 Å². The Bertz CT molecular complexity index is 490. The summed E-state index contributed by atoms with van der Waals surface area (Å²) in [5.74, 6) is 0.0988. The lowest BCUT2D eigenvalue weighted by atomic mass is 10.1. The third-order valence-corrected chi connectivity index (χ3v) is 3.56. The van der Waals surface area contributed by atoms with E-state index in [-0.39, 0.29) is 11.7 Å². The van der Waals surface area contributed by atoms with E-state index in [2.05, 4.69) is 17.3 Å². The molecule has 6 nitrogen and oxygen atoms in total. The maximum Gasteiger partial charge on any atom is 0.222 e. The lowest BCUT2D eigenvalue weighted by Gasteiger charge is -2.32. The molecule has 114 valence electrons. The first-order valence-corrected chi connectivity index (χ1v) is 7.11. The van der Waals surface area contributed by atoms with Gasteiger partial charge in [0.2, 0.25) is 5.91 Å². The smallest absolute Gasteiger partial charge is 0.222 e. The van der Waals surface area contributed by atoms with Crippen molar-refractivity contribution in [1.82, 2.24) is 4.90 Å². The number of rotatable bonds is 5. The van der Waals surface area contributed by atoms with Crippen LogP contribution in [-0.2, 0) is 16.0 Å². The van der Waals surface area contributed by atoms with Gasteiger partial charge in [-0.05, 0) is 18.4 Å². The van der Waals surface area contributed by atoms with Gasteiger partial charge in [-0.1, -0.05) is 35.5 Å². The number of carbonyl (C=O) groups is 1.